The van der Waals surface area contributed by atoms with Gasteiger partial charge in [-0.15, -0.1) is 0 Å². The third-order valence-electron chi connectivity index (χ3n) is 4.67. The maximum atomic E-state index is 12.2. The lowest BCUT2D eigenvalue weighted by Crippen LogP contribution is -2.28. The van der Waals surface area contributed by atoms with Gasteiger partial charge in [-0.25, -0.2) is 4.98 Å². The molecule has 0 atom stereocenters. The standard InChI is InChI=1S/C18H22N6O4/c1-11(2)24-13-5-7-26-9-12(13)16(21-24)17-20-15(22-28-17)4-6-23(3)18(25)14-8-19-10-27-14/h8,10-11H,4-7,9H2,1-3H3. The molecule has 1 aliphatic heterocycles. The van der Waals surface area contributed by atoms with Crippen LogP contribution in [-0.4, -0.2) is 55.9 Å². The Hall–Kier alpha value is -3.01. The van der Waals surface area contributed by atoms with Crippen LogP contribution in [0.1, 0.15) is 47.5 Å². The van der Waals surface area contributed by atoms with Crippen LogP contribution >= 0.6 is 0 Å². The van der Waals surface area contributed by atoms with Gasteiger partial charge in [-0.1, -0.05) is 5.16 Å². The number of nitrogens with zero attached hydrogens (tertiary/aromatic N) is 6. The number of likely N-dealkylation sites (N-methyl/N-ethyl adjacent to an activating group) is 1. The molecule has 0 aromatic carbocycles. The molecule has 3 aromatic rings. The van der Waals surface area contributed by atoms with Crippen molar-refractivity contribution in [3.8, 4) is 11.6 Å². The highest BCUT2D eigenvalue weighted by Gasteiger charge is 2.26. The van der Waals surface area contributed by atoms with Gasteiger partial charge in [0.25, 0.3) is 11.8 Å². The topological polar surface area (TPSA) is 112 Å². The molecule has 1 aliphatic rings. The predicted molar refractivity (Wildman–Crippen MR) is 96.4 cm³/mol. The maximum absolute atomic E-state index is 12.2. The average Bonchev–Trinajstić information content (AvgIpc) is 3.44. The van der Waals surface area contributed by atoms with Gasteiger partial charge >= 0.3 is 0 Å². The van der Waals surface area contributed by atoms with Crippen LogP contribution in [0.3, 0.4) is 0 Å². The molecule has 4 rings (SSSR count). The number of ether oxygens (including phenoxy) is 1. The van der Waals surface area contributed by atoms with E-state index >= 15 is 0 Å². The zero-order valence-corrected chi connectivity index (χ0v) is 16.1. The molecular formula is C18H22N6O4. The van der Waals surface area contributed by atoms with Gasteiger partial charge in [0.05, 0.1) is 19.4 Å². The van der Waals surface area contributed by atoms with E-state index in [2.05, 4.69) is 34.1 Å². The number of oxazole rings is 1. The van der Waals surface area contributed by atoms with E-state index in [0.717, 1.165) is 17.7 Å². The summed E-state index contributed by atoms with van der Waals surface area (Å²) >= 11 is 0. The molecule has 10 nitrogen and oxygen atoms in total. The Bertz CT molecular complexity index is 959. The molecule has 0 bridgehead atoms. The highest BCUT2D eigenvalue weighted by molar-refractivity contribution is 5.90. The minimum atomic E-state index is -0.247. The van der Waals surface area contributed by atoms with Crippen LogP contribution in [0.4, 0.5) is 0 Å². The fourth-order valence-electron chi connectivity index (χ4n) is 3.19. The van der Waals surface area contributed by atoms with Gasteiger partial charge in [0.1, 0.15) is 0 Å². The van der Waals surface area contributed by atoms with Crippen molar-refractivity contribution in [3.63, 3.8) is 0 Å². The van der Waals surface area contributed by atoms with Gasteiger partial charge in [-0.05, 0) is 13.8 Å². The Labute approximate surface area is 161 Å². The lowest BCUT2D eigenvalue weighted by atomic mass is 10.1. The van der Waals surface area contributed by atoms with Gasteiger partial charge in [-0.2, -0.15) is 10.1 Å². The summed E-state index contributed by atoms with van der Waals surface area (Å²) in [5.41, 5.74) is 2.84. The van der Waals surface area contributed by atoms with E-state index in [-0.39, 0.29) is 17.7 Å². The molecule has 4 heterocycles. The van der Waals surface area contributed by atoms with E-state index in [4.69, 9.17) is 13.7 Å². The smallest absolute Gasteiger partial charge is 0.291 e. The van der Waals surface area contributed by atoms with Crippen molar-refractivity contribution >= 4 is 5.91 Å². The zero-order valence-electron chi connectivity index (χ0n) is 16.1. The maximum Gasteiger partial charge on any atom is 0.291 e. The molecule has 0 radical (unpaired) electrons. The molecule has 148 valence electrons. The molecule has 0 saturated heterocycles. The van der Waals surface area contributed by atoms with Crippen molar-refractivity contribution in [2.75, 3.05) is 20.2 Å². The third kappa shape index (κ3) is 3.42. The van der Waals surface area contributed by atoms with Gasteiger partial charge in [0.2, 0.25) is 5.76 Å². The molecular weight excluding hydrogens is 364 g/mol. The number of fused-ring (bicyclic) bond motifs is 1. The fourth-order valence-corrected chi connectivity index (χ4v) is 3.19. The number of carbonyl (C=O) groups excluding carboxylic acids is 1. The fraction of sp³-hybridized carbons (Fsp3) is 0.500. The second-order valence-electron chi connectivity index (χ2n) is 6.97. The Kier molecular flexibility index (Phi) is 4.95. The van der Waals surface area contributed by atoms with E-state index in [0.29, 0.717) is 43.6 Å². The van der Waals surface area contributed by atoms with Crippen molar-refractivity contribution in [2.24, 2.45) is 0 Å². The van der Waals surface area contributed by atoms with Gasteiger partial charge in [0.15, 0.2) is 17.9 Å². The zero-order chi connectivity index (χ0) is 19.7. The van der Waals surface area contributed by atoms with Crippen molar-refractivity contribution in [1.29, 1.82) is 0 Å². The van der Waals surface area contributed by atoms with E-state index in [9.17, 15) is 4.79 Å². The first-order valence-corrected chi connectivity index (χ1v) is 9.19. The lowest BCUT2D eigenvalue weighted by Gasteiger charge is -2.16. The van der Waals surface area contributed by atoms with Crippen molar-refractivity contribution < 1.29 is 18.5 Å². The molecule has 0 fully saturated rings. The SMILES string of the molecule is CC(C)n1nc(-c2nc(CCN(C)C(=O)c3cnco3)no2)c2c1CCOC2. The summed E-state index contributed by atoms with van der Waals surface area (Å²) in [6.07, 6.45) is 3.88. The quantitative estimate of drug-likeness (QED) is 0.631. The van der Waals surface area contributed by atoms with Crippen LogP contribution in [0.15, 0.2) is 21.5 Å². The van der Waals surface area contributed by atoms with Crippen LogP contribution in [0, 0.1) is 0 Å². The summed E-state index contributed by atoms with van der Waals surface area (Å²) in [4.78, 5) is 21.9. The van der Waals surface area contributed by atoms with Crippen LogP contribution in [0.2, 0.25) is 0 Å². The van der Waals surface area contributed by atoms with E-state index < -0.39 is 0 Å². The summed E-state index contributed by atoms with van der Waals surface area (Å²) in [5, 5.41) is 8.73. The van der Waals surface area contributed by atoms with E-state index in [1.807, 2.05) is 4.68 Å². The lowest BCUT2D eigenvalue weighted by molar-refractivity contribution is 0.0764. The van der Waals surface area contributed by atoms with Crippen LogP contribution in [-0.2, 0) is 24.2 Å². The van der Waals surface area contributed by atoms with Crippen LogP contribution < -0.4 is 0 Å². The number of hydrogen-bond acceptors (Lipinski definition) is 8. The third-order valence-corrected chi connectivity index (χ3v) is 4.67. The minimum absolute atomic E-state index is 0.196. The summed E-state index contributed by atoms with van der Waals surface area (Å²) in [7, 11) is 1.68. The highest BCUT2D eigenvalue weighted by atomic mass is 16.5. The Morgan fingerprint density at radius 3 is 3.00 bits per heavy atom. The molecule has 0 N–H and O–H groups in total. The summed E-state index contributed by atoms with van der Waals surface area (Å²) in [6, 6.07) is 0.235. The molecule has 0 saturated carbocycles. The number of rotatable bonds is 6. The molecule has 0 aliphatic carbocycles. The first kappa shape index (κ1) is 18.4. The van der Waals surface area contributed by atoms with Crippen LogP contribution in [0.25, 0.3) is 11.6 Å². The second-order valence-corrected chi connectivity index (χ2v) is 6.97. The summed E-state index contributed by atoms with van der Waals surface area (Å²) in [5.74, 6) is 0.836. The number of amides is 1. The number of carbonyl (C=O) groups is 1. The minimum Gasteiger partial charge on any atom is -0.438 e. The molecule has 0 spiro atoms. The largest absolute Gasteiger partial charge is 0.438 e. The molecule has 1 amide bonds. The summed E-state index contributed by atoms with van der Waals surface area (Å²) < 4.78 is 18.1. The number of aromatic nitrogens is 5. The Balaban J connectivity index is 1.48. The Morgan fingerprint density at radius 1 is 1.39 bits per heavy atom. The number of hydrogen-bond donors (Lipinski definition) is 0. The van der Waals surface area contributed by atoms with Gasteiger partial charge in [-0.3, -0.25) is 9.48 Å². The van der Waals surface area contributed by atoms with Gasteiger partial charge < -0.3 is 18.6 Å². The van der Waals surface area contributed by atoms with E-state index in [1.54, 1.807) is 7.05 Å². The van der Waals surface area contributed by atoms with Crippen molar-refractivity contribution in [1.82, 2.24) is 29.8 Å². The molecule has 3 aromatic heterocycles. The second kappa shape index (κ2) is 7.55. The molecule has 10 heteroatoms. The normalized spacial score (nSPS) is 13.7. The monoisotopic (exact) mass is 386 g/mol. The molecule has 28 heavy (non-hydrogen) atoms. The highest BCUT2D eigenvalue weighted by Crippen LogP contribution is 2.29. The van der Waals surface area contributed by atoms with Crippen molar-refractivity contribution in [3.05, 3.63) is 35.4 Å². The predicted octanol–water partition coefficient (Wildman–Crippen LogP) is 1.89. The molecule has 0 unspecified atom stereocenters. The Morgan fingerprint density at radius 2 is 2.25 bits per heavy atom. The van der Waals surface area contributed by atoms with Crippen molar-refractivity contribution in [2.45, 2.75) is 39.3 Å². The summed E-state index contributed by atoms with van der Waals surface area (Å²) in [6.45, 7) is 5.77. The van der Waals surface area contributed by atoms with Gasteiger partial charge in [0, 0.05) is 43.7 Å². The van der Waals surface area contributed by atoms with Crippen LogP contribution in [0.5, 0.6) is 0 Å². The van der Waals surface area contributed by atoms with E-state index in [1.165, 1.54) is 17.5 Å². The first-order chi connectivity index (χ1) is 13.5. The average molecular weight is 386 g/mol. The first-order valence-electron chi connectivity index (χ1n) is 9.19.